The molecule has 1 aromatic carbocycles. The summed E-state index contributed by atoms with van der Waals surface area (Å²) >= 11 is 0. The number of nitrogens with one attached hydrogen (secondary N) is 1. The molecular formula is C15H17N3O5. The Labute approximate surface area is 130 Å². The molecule has 2 rings (SSSR count). The zero-order chi connectivity index (χ0) is 17.3. The average Bonchev–Trinajstić information content (AvgIpc) is 2.44. The molecule has 0 unspecified atom stereocenters. The summed E-state index contributed by atoms with van der Waals surface area (Å²) < 4.78 is 1.31. The Balaban J connectivity index is 2.82. The summed E-state index contributed by atoms with van der Waals surface area (Å²) in [7, 11) is 0. The molecule has 23 heavy (non-hydrogen) atoms. The van der Waals surface area contributed by atoms with Gasteiger partial charge in [-0.25, -0.2) is 28.3 Å². The second-order valence-electron chi connectivity index (χ2n) is 5.59. The van der Waals surface area contributed by atoms with Crippen molar-refractivity contribution in [1.82, 2.24) is 14.1 Å². The van der Waals surface area contributed by atoms with E-state index in [2.05, 4.69) is 0 Å². The van der Waals surface area contributed by atoms with Crippen LogP contribution in [-0.4, -0.2) is 25.2 Å². The van der Waals surface area contributed by atoms with Crippen molar-refractivity contribution in [2.24, 2.45) is 5.92 Å². The van der Waals surface area contributed by atoms with E-state index in [0.29, 0.717) is 4.57 Å². The van der Waals surface area contributed by atoms with Gasteiger partial charge < -0.3 is 5.11 Å². The molecule has 0 saturated heterocycles. The predicted molar refractivity (Wildman–Crippen MR) is 83.2 cm³/mol. The highest BCUT2D eigenvalue weighted by Crippen LogP contribution is 2.14. The Hall–Kier alpha value is -2.90. The zero-order valence-corrected chi connectivity index (χ0v) is 12.9. The Bertz CT molecular complexity index is 902. The number of benzene rings is 1. The second-order valence-corrected chi connectivity index (χ2v) is 5.59. The Morgan fingerprint density at radius 1 is 1.09 bits per heavy atom. The van der Waals surface area contributed by atoms with Gasteiger partial charge in [-0.3, -0.25) is 4.98 Å². The normalized spacial score (nSPS) is 12.3. The fourth-order valence-electron chi connectivity index (χ4n) is 2.35. The average molecular weight is 319 g/mol. The van der Waals surface area contributed by atoms with Crippen LogP contribution in [0.4, 0.5) is 0 Å². The molecule has 0 spiro atoms. The molecule has 0 aliphatic rings. The van der Waals surface area contributed by atoms with Gasteiger partial charge in [-0.05, 0) is 25.0 Å². The first-order valence-corrected chi connectivity index (χ1v) is 7.01. The number of nitrogens with zero attached hydrogens (tertiary/aromatic N) is 2. The number of carboxylic acids is 1. The molecule has 0 amide bonds. The summed E-state index contributed by atoms with van der Waals surface area (Å²) in [5.74, 6) is -1.84. The van der Waals surface area contributed by atoms with Gasteiger partial charge in [0.25, 0.3) is 0 Å². The highest BCUT2D eigenvalue weighted by molar-refractivity contribution is 5.72. The van der Waals surface area contributed by atoms with E-state index in [-0.39, 0.29) is 5.69 Å². The fourth-order valence-corrected chi connectivity index (χ4v) is 2.35. The lowest BCUT2D eigenvalue weighted by Crippen LogP contribution is -2.52. The lowest BCUT2D eigenvalue weighted by molar-refractivity contribution is -0.142. The molecule has 0 radical (unpaired) electrons. The number of rotatable bonds is 4. The summed E-state index contributed by atoms with van der Waals surface area (Å²) in [6, 6.07) is 5.13. The van der Waals surface area contributed by atoms with Crippen molar-refractivity contribution < 1.29 is 9.90 Å². The molecule has 0 aliphatic heterocycles. The van der Waals surface area contributed by atoms with Gasteiger partial charge in [-0.1, -0.05) is 31.5 Å². The van der Waals surface area contributed by atoms with Crippen LogP contribution in [0, 0.1) is 12.8 Å². The summed E-state index contributed by atoms with van der Waals surface area (Å²) in [6.07, 6.45) is 0. The van der Waals surface area contributed by atoms with Crippen molar-refractivity contribution >= 4 is 5.97 Å². The number of aromatic amines is 1. The third kappa shape index (κ3) is 3.01. The summed E-state index contributed by atoms with van der Waals surface area (Å²) in [5.41, 5.74) is -1.75. The van der Waals surface area contributed by atoms with E-state index >= 15 is 0 Å². The topological polar surface area (TPSA) is 114 Å². The molecule has 2 aromatic rings. The van der Waals surface area contributed by atoms with Gasteiger partial charge >= 0.3 is 23.0 Å². The quantitative estimate of drug-likeness (QED) is 0.840. The summed E-state index contributed by atoms with van der Waals surface area (Å²) in [4.78, 5) is 50.0. The van der Waals surface area contributed by atoms with Gasteiger partial charge in [0.15, 0.2) is 0 Å². The van der Waals surface area contributed by atoms with Crippen molar-refractivity contribution in [3.05, 3.63) is 61.3 Å². The van der Waals surface area contributed by atoms with E-state index in [1.807, 2.05) is 11.9 Å². The highest BCUT2D eigenvalue weighted by atomic mass is 16.4. The number of aliphatic carboxylic acids is 1. The monoisotopic (exact) mass is 319 g/mol. The van der Waals surface area contributed by atoms with Crippen molar-refractivity contribution in [1.29, 1.82) is 0 Å². The van der Waals surface area contributed by atoms with E-state index in [4.69, 9.17) is 0 Å². The first kappa shape index (κ1) is 16.5. The molecule has 2 N–H and O–H groups in total. The summed E-state index contributed by atoms with van der Waals surface area (Å²) in [5, 5.41) is 9.31. The highest BCUT2D eigenvalue weighted by Gasteiger charge is 2.28. The van der Waals surface area contributed by atoms with Crippen LogP contribution in [0.3, 0.4) is 0 Å². The maximum Gasteiger partial charge on any atom is 0.341 e. The van der Waals surface area contributed by atoms with Gasteiger partial charge in [-0.15, -0.1) is 0 Å². The molecule has 1 aromatic heterocycles. The lowest BCUT2D eigenvalue weighted by Gasteiger charge is -2.18. The third-order valence-electron chi connectivity index (χ3n) is 3.49. The van der Waals surface area contributed by atoms with E-state index in [0.717, 1.165) is 10.1 Å². The van der Waals surface area contributed by atoms with Crippen LogP contribution in [0.15, 0.2) is 38.6 Å². The molecule has 122 valence electrons. The van der Waals surface area contributed by atoms with Crippen LogP contribution < -0.4 is 17.1 Å². The van der Waals surface area contributed by atoms with Crippen LogP contribution in [-0.2, 0) is 4.79 Å². The molecule has 0 bridgehead atoms. The fraction of sp³-hybridized carbons (Fsp3) is 0.333. The van der Waals surface area contributed by atoms with E-state index in [1.54, 1.807) is 38.1 Å². The maximum atomic E-state index is 12.6. The van der Waals surface area contributed by atoms with Gasteiger partial charge in [0, 0.05) is 0 Å². The molecule has 8 heteroatoms. The number of hydrogen-bond acceptors (Lipinski definition) is 4. The number of H-pyrrole nitrogens is 1. The maximum absolute atomic E-state index is 12.6. The van der Waals surface area contributed by atoms with Gasteiger partial charge in [-0.2, -0.15) is 0 Å². The molecule has 0 fully saturated rings. The van der Waals surface area contributed by atoms with Gasteiger partial charge in [0.1, 0.15) is 6.04 Å². The van der Waals surface area contributed by atoms with Crippen LogP contribution in [0.1, 0.15) is 25.5 Å². The second kappa shape index (κ2) is 6.07. The number of hydrogen-bond donors (Lipinski definition) is 2. The number of aryl methyl sites for hydroxylation is 1. The standard InChI is InChI=1S/C15H17N3O5/c1-8(2)11(12(19)20)18-14(22)16-13(21)17(15(18)23)10-6-4-9(3)5-7-10/h4-8,11H,1-3H3,(H,19,20)(H,16,21,22)/t11-/m0/s1. The van der Waals surface area contributed by atoms with Crippen molar-refractivity contribution in [3.8, 4) is 5.69 Å². The Morgan fingerprint density at radius 3 is 2.13 bits per heavy atom. The minimum atomic E-state index is -1.37. The smallest absolute Gasteiger partial charge is 0.341 e. The minimum absolute atomic E-state index is 0.253. The zero-order valence-electron chi connectivity index (χ0n) is 12.9. The molecule has 0 saturated carbocycles. The van der Waals surface area contributed by atoms with E-state index < -0.39 is 35.0 Å². The van der Waals surface area contributed by atoms with Crippen LogP contribution in [0.5, 0.6) is 0 Å². The first-order chi connectivity index (χ1) is 10.7. The lowest BCUT2D eigenvalue weighted by atomic mass is 10.0. The largest absolute Gasteiger partial charge is 0.480 e. The number of carbonyl (C=O) groups is 1. The molecular weight excluding hydrogens is 302 g/mol. The predicted octanol–water partition coefficient (Wildman–Crippen LogP) is 0.278. The molecule has 1 heterocycles. The SMILES string of the molecule is Cc1ccc(-n2c(=O)[nH]c(=O)n([C@H](C(=O)O)C(C)C)c2=O)cc1. The Morgan fingerprint density at radius 2 is 1.65 bits per heavy atom. The molecule has 1 atom stereocenters. The number of carboxylic acid groups (broad SMARTS) is 1. The number of aromatic nitrogens is 3. The third-order valence-corrected chi connectivity index (χ3v) is 3.49. The Kier molecular flexibility index (Phi) is 4.35. The molecule has 8 nitrogen and oxygen atoms in total. The van der Waals surface area contributed by atoms with Crippen LogP contribution >= 0.6 is 0 Å². The first-order valence-electron chi connectivity index (χ1n) is 7.01. The summed E-state index contributed by atoms with van der Waals surface area (Å²) in [6.45, 7) is 4.99. The van der Waals surface area contributed by atoms with Crippen molar-refractivity contribution in [2.45, 2.75) is 26.8 Å². The van der Waals surface area contributed by atoms with Crippen molar-refractivity contribution in [2.75, 3.05) is 0 Å². The van der Waals surface area contributed by atoms with Crippen molar-refractivity contribution in [3.63, 3.8) is 0 Å². The minimum Gasteiger partial charge on any atom is -0.480 e. The van der Waals surface area contributed by atoms with Gasteiger partial charge in [0.05, 0.1) is 5.69 Å². The van der Waals surface area contributed by atoms with E-state index in [9.17, 15) is 24.3 Å². The molecule has 0 aliphatic carbocycles. The van der Waals surface area contributed by atoms with E-state index in [1.165, 1.54) is 0 Å². The van der Waals surface area contributed by atoms with Crippen LogP contribution in [0.2, 0.25) is 0 Å². The van der Waals surface area contributed by atoms with Crippen LogP contribution in [0.25, 0.3) is 5.69 Å². The van der Waals surface area contributed by atoms with Gasteiger partial charge in [0.2, 0.25) is 0 Å².